The summed E-state index contributed by atoms with van der Waals surface area (Å²) in [6.45, 7) is 0. The fraction of sp³-hybridized carbons (Fsp3) is 0. The number of aromatic nitrogens is 4. The van der Waals surface area contributed by atoms with E-state index in [0.29, 0.717) is 11.5 Å². The molecule has 0 radical (unpaired) electrons. The average molecular weight is 651 g/mol. The van der Waals surface area contributed by atoms with E-state index in [0.717, 1.165) is 44.3 Å². The molecule has 0 aliphatic rings. The van der Waals surface area contributed by atoms with Crippen LogP contribution in [-0.4, -0.2) is 18.9 Å². The SMILES string of the molecule is c1ccc(-c2ccc(-c3nc(-n4c5ccccc5c5c6c7ccccc7n7c8ccccc8c(cc54)c67)c4c(n3)oc3ccccc34)cc2)cc1. The van der Waals surface area contributed by atoms with Gasteiger partial charge in [-0.2, -0.15) is 4.98 Å². The molecule has 0 N–H and O–H groups in total. The van der Waals surface area contributed by atoms with Gasteiger partial charge in [-0.3, -0.25) is 4.57 Å². The van der Waals surface area contributed by atoms with E-state index in [-0.39, 0.29) is 0 Å². The van der Waals surface area contributed by atoms with E-state index in [2.05, 4.69) is 148 Å². The van der Waals surface area contributed by atoms with E-state index in [1.807, 2.05) is 18.2 Å². The summed E-state index contributed by atoms with van der Waals surface area (Å²) in [6.07, 6.45) is 0. The molecule has 0 bridgehead atoms. The number of furan rings is 1. The normalized spacial score (nSPS) is 12.3. The highest BCUT2D eigenvalue weighted by Gasteiger charge is 2.26. The lowest BCUT2D eigenvalue weighted by molar-refractivity contribution is 0.653. The number of hydrogen-bond acceptors (Lipinski definition) is 3. The van der Waals surface area contributed by atoms with Gasteiger partial charge in [-0.05, 0) is 41.5 Å². The maximum absolute atomic E-state index is 6.52. The quantitative estimate of drug-likeness (QED) is 0.191. The number of nitrogens with zero attached hydrogens (tertiary/aromatic N) is 4. The van der Waals surface area contributed by atoms with E-state index in [1.54, 1.807) is 0 Å². The third-order valence-electron chi connectivity index (χ3n) is 10.7. The van der Waals surface area contributed by atoms with Crippen LogP contribution in [-0.2, 0) is 0 Å². The Morgan fingerprint density at radius 2 is 1.00 bits per heavy atom. The molecular formula is C46H26N4O. The molecule has 0 atom stereocenters. The van der Waals surface area contributed by atoms with E-state index in [9.17, 15) is 0 Å². The Balaban J connectivity index is 1.24. The second-order valence-electron chi connectivity index (χ2n) is 13.4. The van der Waals surface area contributed by atoms with E-state index in [1.165, 1.54) is 54.4 Å². The summed E-state index contributed by atoms with van der Waals surface area (Å²) in [7, 11) is 0. The smallest absolute Gasteiger partial charge is 0.233 e. The van der Waals surface area contributed by atoms with Gasteiger partial charge in [0.05, 0.1) is 33.0 Å². The third-order valence-corrected chi connectivity index (χ3v) is 10.7. The maximum atomic E-state index is 6.52. The lowest BCUT2D eigenvalue weighted by Gasteiger charge is -2.11. The van der Waals surface area contributed by atoms with Gasteiger partial charge < -0.3 is 8.82 Å². The highest BCUT2D eigenvalue weighted by atomic mass is 16.3. The molecule has 0 spiro atoms. The van der Waals surface area contributed by atoms with Crippen molar-refractivity contribution in [3.8, 4) is 28.3 Å². The monoisotopic (exact) mass is 650 g/mol. The molecule has 0 amide bonds. The van der Waals surface area contributed by atoms with Gasteiger partial charge in [-0.15, -0.1) is 0 Å². The fourth-order valence-electron chi connectivity index (χ4n) is 8.53. The van der Waals surface area contributed by atoms with Crippen LogP contribution in [0, 0.1) is 0 Å². The molecule has 5 aromatic heterocycles. The molecule has 5 heterocycles. The van der Waals surface area contributed by atoms with Crippen molar-refractivity contribution in [3.05, 3.63) is 158 Å². The van der Waals surface area contributed by atoms with Gasteiger partial charge in [0.25, 0.3) is 0 Å². The van der Waals surface area contributed by atoms with Crippen LogP contribution in [0.25, 0.3) is 110 Å². The number of rotatable bonds is 3. The van der Waals surface area contributed by atoms with Crippen molar-refractivity contribution in [1.29, 1.82) is 0 Å². The largest absolute Gasteiger partial charge is 0.437 e. The fourth-order valence-corrected chi connectivity index (χ4v) is 8.53. The summed E-state index contributed by atoms with van der Waals surface area (Å²) in [5, 5.41) is 9.28. The zero-order chi connectivity index (χ0) is 33.2. The van der Waals surface area contributed by atoms with Gasteiger partial charge in [0.15, 0.2) is 11.6 Å². The van der Waals surface area contributed by atoms with Crippen molar-refractivity contribution in [1.82, 2.24) is 18.9 Å². The second kappa shape index (κ2) is 9.80. The molecular weight excluding hydrogens is 625 g/mol. The van der Waals surface area contributed by atoms with Crippen LogP contribution in [0.3, 0.4) is 0 Å². The number of hydrogen-bond donors (Lipinski definition) is 0. The maximum Gasteiger partial charge on any atom is 0.233 e. The second-order valence-corrected chi connectivity index (χ2v) is 13.4. The Labute approximate surface area is 290 Å². The molecule has 0 fully saturated rings. The molecule has 12 aromatic rings. The molecule has 0 aliphatic heterocycles. The lowest BCUT2D eigenvalue weighted by Crippen LogP contribution is -2.02. The molecule has 0 saturated heterocycles. The summed E-state index contributed by atoms with van der Waals surface area (Å²) < 4.78 is 11.3. The van der Waals surface area contributed by atoms with Gasteiger partial charge in [-0.25, -0.2) is 4.98 Å². The van der Waals surface area contributed by atoms with Gasteiger partial charge >= 0.3 is 0 Å². The first-order valence-electron chi connectivity index (χ1n) is 17.3. The molecule has 5 nitrogen and oxygen atoms in total. The minimum atomic E-state index is 0.571. The van der Waals surface area contributed by atoms with Crippen molar-refractivity contribution < 1.29 is 4.42 Å². The Bertz CT molecular complexity index is 3350. The van der Waals surface area contributed by atoms with Crippen molar-refractivity contribution in [3.63, 3.8) is 0 Å². The zero-order valence-electron chi connectivity index (χ0n) is 27.2. The Kier molecular flexibility index (Phi) is 5.17. The first kappa shape index (κ1) is 26.9. The predicted octanol–water partition coefficient (Wildman–Crippen LogP) is 12.0. The summed E-state index contributed by atoms with van der Waals surface area (Å²) in [5.41, 5.74) is 10.5. The van der Waals surface area contributed by atoms with Crippen molar-refractivity contribution in [2.75, 3.05) is 0 Å². The first-order valence-corrected chi connectivity index (χ1v) is 17.3. The summed E-state index contributed by atoms with van der Waals surface area (Å²) in [5.74, 6) is 1.43. The van der Waals surface area contributed by atoms with Crippen LogP contribution in [0.5, 0.6) is 0 Å². The minimum Gasteiger partial charge on any atom is -0.437 e. The Morgan fingerprint density at radius 1 is 0.412 bits per heavy atom. The van der Waals surface area contributed by atoms with Gasteiger partial charge in [0, 0.05) is 43.3 Å². The average Bonchev–Trinajstić information content (AvgIpc) is 3.93. The van der Waals surface area contributed by atoms with Crippen LogP contribution in [0.15, 0.2) is 162 Å². The molecule has 5 heteroatoms. The molecule has 0 unspecified atom stereocenters. The molecule has 12 rings (SSSR count). The molecule has 0 aliphatic carbocycles. The molecule has 7 aromatic carbocycles. The van der Waals surface area contributed by atoms with E-state index in [4.69, 9.17) is 14.4 Å². The number of benzene rings is 7. The number of para-hydroxylation sites is 4. The van der Waals surface area contributed by atoms with Crippen LogP contribution in [0.1, 0.15) is 0 Å². The topological polar surface area (TPSA) is 48.3 Å². The summed E-state index contributed by atoms with van der Waals surface area (Å²) in [4.78, 5) is 10.5. The van der Waals surface area contributed by atoms with Crippen molar-refractivity contribution >= 4 is 82.0 Å². The van der Waals surface area contributed by atoms with Gasteiger partial charge in [0.1, 0.15) is 5.58 Å². The first-order chi connectivity index (χ1) is 25.3. The van der Waals surface area contributed by atoms with Crippen LogP contribution in [0.2, 0.25) is 0 Å². The predicted molar refractivity (Wildman–Crippen MR) is 209 cm³/mol. The van der Waals surface area contributed by atoms with Crippen molar-refractivity contribution in [2.45, 2.75) is 0 Å². The summed E-state index contributed by atoms with van der Waals surface area (Å²) >= 11 is 0. The van der Waals surface area contributed by atoms with Crippen LogP contribution in [0.4, 0.5) is 0 Å². The molecule has 236 valence electrons. The molecule has 51 heavy (non-hydrogen) atoms. The number of fused-ring (bicyclic) bond motifs is 13. The minimum absolute atomic E-state index is 0.571. The highest BCUT2D eigenvalue weighted by Crippen LogP contribution is 2.47. The summed E-state index contributed by atoms with van der Waals surface area (Å²) in [6, 6.07) is 55.8. The van der Waals surface area contributed by atoms with Gasteiger partial charge in [0.2, 0.25) is 5.71 Å². The highest BCUT2D eigenvalue weighted by molar-refractivity contribution is 6.35. The van der Waals surface area contributed by atoms with E-state index >= 15 is 0 Å². The standard InChI is InChI=1S/C46H26N4O/c1-2-12-27(13-3-1)28-22-24-29(25-23-28)44-47-45(42-33-17-7-11-21-39(33)51-46(42)48-44)50-37-20-10-5-15-31(37)40-38(50)26-34-30-14-4-8-18-35(30)49-36-19-9-6-16-32(36)41(40)43(34)49/h1-26H. The Hall–Kier alpha value is -6.98. The zero-order valence-corrected chi connectivity index (χ0v) is 27.2. The van der Waals surface area contributed by atoms with Crippen LogP contribution >= 0.6 is 0 Å². The van der Waals surface area contributed by atoms with Crippen molar-refractivity contribution in [2.24, 2.45) is 0 Å². The molecule has 0 saturated carbocycles. The van der Waals surface area contributed by atoms with Crippen LogP contribution < -0.4 is 0 Å². The Morgan fingerprint density at radius 3 is 1.78 bits per heavy atom. The third kappa shape index (κ3) is 3.54. The lowest BCUT2D eigenvalue weighted by atomic mass is 10.0. The van der Waals surface area contributed by atoms with Gasteiger partial charge in [-0.1, -0.05) is 127 Å². The van der Waals surface area contributed by atoms with E-state index < -0.39 is 0 Å².